The van der Waals surface area contributed by atoms with Gasteiger partial charge in [0.15, 0.2) is 0 Å². The van der Waals surface area contributed by atoms with E-state index < -0.39 is 0 Å². The van der Waals surface area contributed by atoms with E-state index in [0.29, 0.717) is 0 Å². The summed E-state index contributed by atoms with van der Waals surface area (Å²) in [6, 6.07) is 62.7. The lowest BCUT2D eigenvalue weighted by Crippen LogP contribution is -2.13. The Labute approximate surface area is 267 Å². The summed E-state index contributed by atoms with van der Waals surface area (Å²) in [6.45, 7) is 0. The molecule has 216 valence electrons. The van der Waals surface area contributed by atoms with Crippen LogP contribution in [0.1, 0.15) is 0 Å². The largest absolute Gasteiger partial charge is 0.455 e. The molecule has 0 aliphatic rings. The molecule has 0 aliphatic heterocycles. The third-order valence-electron chi connectivity index (χ3n) is 9.06. The quantitative estimate of drug-likeness (QED) is 0.199. The average molecular weight is 588 g/mol. The van der Waals surface area contributed by atoms with Crippen LogP contribution in [0.5, 0.6) is 0 Å². The van der Waals surface area contributed by atoms with Crippen LogP contribution in [0.3, 0.4) is 0 Å². The number of para-hydroxylation sites is 2. The van der Waals surface area contributed by atoms with Crippen molar-refractivity contribution in [3.63, 3.8) is 0 Å². The summed E-state index contributed by atoms with van der Waals surface area (Å²) in [5, 5.41) is 6.96. The summed E-state index contributed by atoms with van der Waals surface area (Å²) >= 11 is 0. The maximum absolute atomic E-state index is 6.62. The molecule has 0 bridgehead atoms. The number of anilines is 3. The fraction of sp³-hybridized carbons (Fsp3) is 0. The zero-order chi connectivity index (χ0) is 30.5. The molecule has 0 saturated carbocycles. The molecule has 46 heavy (non-hydrogen) atoms. The molecule has 8 aromatic carbocycles. The maximum atomic E-state index is 6.62. The first-order valence-electron chi connectivity index (χ1n) is 15.7. The first-order valence-corrected chi connectivity index (χ1v) is 15.7. The van der Waals surface area contributed by atoms with E-state index in [4.69, 9.17) is 4.42 Å². The number of benzene rings is 8. The van der Waals surface area contributed by atoms with Crippen LogP contribution in [0.25, 0.3) is 65.7 Å². The number of hydrogen-bond acceptors (Lipinski definition) is 2. The fourth-order valence-electron chi connectivity index (χ4n) is 7.00. The SMILES string of the molecule is c1ccc(-c2ccccc2N(c2ccccc2-c2cccc3oc4c5ccccc5ccc4c23)c2cccc3ccccc23)cc1. The van der Waals surface area contributed by atoms with E-state index in [0.717, 1.165) is 55.5 Å². The summed E-state index contributed by atoms with van der Waals surface area (Å²) in [6.07, 6.45) is 0. The standard InChI is InChI=1S/C44H29NO/c1-2-14-30(15-3-1)33-20-8-10-24-39(33)45(40-26-12-18-31-16-4-6-19-34(31)40)41-25-11-9-22-36(41)37-23-13-27-42-43(37)38-29-28-32-17-5-7-21-35(32)44(38)46-42/h1-29H. The van der Waals surface area contributed by atoms with Gasteiger partial charge in [0, 0.05) is 32.7 Å². The minimum Gasteiger partial charge on any atom is -0.455 e. The van der Waals surface area contributed by atoms with Crippen molar-refractivity contribution in [1.29, 1.82) is 0 Å². The molecule has 0 spiro atoms. The molecular formula is C44H29NO. The summed E-state index contributed by atoms with van der Waals surface area (Å²) in [5.74, 6) is 0. The third kappa shape index (κ3) is 4.19. The van der Waals surface area contributed by atoms with Crippen LogP contribution in [-0.4, -0.2) is 0 Å². The first kappa shape index (κ1) is 26.3. The van der Waals surface area contributed by atoms with Crippen molar-refractivity contribution < 1.29 is 4.42 Å². The van der Waals surface area contributed by atoms with E-state index in [-0.39, 0.29) is 0 Å². The van der Waals surface area contributed by atoms with Crippen molar-refractivity contribution in [1.82, 2.24) is 0 Å². The smallest absolute Gasteiger partial charge is 0.143 e. The number of hydrogen-bond donors (Lipinski definition) is 0. The molecule has 2 nitrogen and oxygen atoms in total. The molecule has 0 radical (unpaired) electrons. The van der Waals surface area contributed by atoms with Crippen LogP contribution >= 0.6 is 0 Å². The van der Waals surface area contributed by atoms with Gasteiger partial charge in [-0.25, -0.2) is 0 Å². The highest BCUT2D eigenvalue weighted by atomic mass is 16.3. The minimum atomic E-state index is 0.889. The first-order chi connectivity index (χ1) is 22.8. The third-order valence-corrected chi connectivity index (χ3v) is 9.06. The van der Waals surface area contributed by atoms with Gasteiger partial charge in [-0.1, -0.05) is 146 Å². The van der Waals surface area contributed by atoms with E-state index in [2.05, 4.69) is 181 Å². The topological polar surface area (TPSA) is 16.4 Å². The molecule has 0 fully saturated rings. The van der Waals surface area contributed by atoms with E-state index in [1.165, 1.54) is 27.3 Å². The Bertz CT molecular complexity index is 2540. The Morgan fingerprint density at radius 3 is 1.74 bits per heavy atom. The van der Waals surface area contributed by atoms with E-state index in [1.807, 2.05) is 0 Å². The molecular weight excluding hydrogens is 558 g/mol. The van der Waals surface area contributed by atoms with Gasteiger partial charge in [-0.3, -0.25) is 0 Å². The van der Waals surface area contributed by atoms with Gasteiger partial charge in [0.25, 0.3) is 0 Å². The number of fused-ring (bicyclic) bond motifs is 6. The van der Waals surface area contributed by atoms with Crippen molar-refractivity contribution in [3.8, 4) is 22.3 Å². The summed E-state index contributed by atoms with van der Waals surface area (Å²) in [5.41, 5.74) is 9.80. The fourth-order valence-corrected chi connectivity index (χ4v) is 7.00. The molecule has 1 heterocycles. The Morgan fingerprint density at radius 2 is 0.913 bits per heavy atom. The Hall–Kier alpha value is -6.12. The Morgan fingerprint density at radius 1 is 0.348 bits per heavy atom. The summed E-state index contributed by atoms with van der Waals surface area (Å²) in [4.78, 5) is 2.44. The normalized spacial score (nSPS) is 11.5. The molecule has 1 aromatic heterocycles. The van der Waals surface area contributed by atoms with Gasteiger partial charge in [0.05, 0.1) is 17.1 Å². The molecule has 0 unspecified atom stereocenters. The molecule has 0 atom stereocenters. The van der Waals surface area contributed by atoms with Gasteiger partial charge in [0.1, 0.15) is 11.2 Å². The van der Waals surface area contributed by atoms with Gasteiger partial charge in [-0.05, 0) is 52.2 Å². The second-order valence-electron chi connectivity index (χ2n) is 11.7. The number of rotatable bonds is 5. The Balaban J connectivity index is 1.36. The molecule has 0 saturated heterocycles. The number of furan rings is 1. The van der Waals surface area contributed by atoms with Crippen LogP contribution < -0.4 is 4.90 Å². The van der Waals surface area contributed by atoms with Gasteiger partial charge < -0.3 is 9.32 Å². The van der Waals surface area contributed by atoms with Crippen molar-refractivity contribution in [2.75, 3.05) is 4.90 Å². The summed E-state index contributed by atoms with van der Waals surface area (Å²) < 4.78 is 6.62. The van der Waals surface area contributed by atoms with Crippen LogP contribution in [0, 0.1) is 0 Å². The van der Waals surface area contributed by atoms with E-state index >= 15 is 0 Å². The molecule has 0 aliphatic carbocycles. The van der Waals surface area contributed by atoms with Gasteiger partial charge in [0.2, 0.25) is 0 Å². The predicted molar refractivity (Wildman–Crippen MR) is 194 cm³/mol. The minimum absolute atomic E-state index is 0.889. The van der Waals surface area contributed by atoms with Crippen LogP contribution in [0.15, 0.2) is 180 Å². The van der Waals surface area contributed by atoms with Crippen molar-refractivity contribution in [3.05, 3.63) is 176 Å². The van der Waals surface area contributed by atoms with Crippen molar-refractivity contribution in [2.45, 2.75) is 0 Å². The second kappa shape index (κ2) is 10.8. The summed E-state index contributed by atoms with van der Waals surface area (Å²) in [7, 11) is 0. The zero-order valence-corrected chi connectivity index (χ0v) is 25.1. The highest BCUT2D eigenvalue weighted by Gasteiger charge is 2.23. The van der Waals surface area contributed by atoms with Crippen LogP contribution in [0.4, 0.5) is 17.1 Å². The molecule has 2 heteroatoms. The van der Waals surface area contributed by atoms with Crippen LogP contribution in [-0.2, 0) is 0 Å². The highest BCUT2D eigenvalue weighted by molar-refractivity contribution is 6.20. The van der Waals surface area contributed by atoms with Crippen molar-refractivity contribution in [2.24, 2.45) is 0 Å². The van der Waals surface area contributed by atoms with Gasteiger partial charge in [-0.2, -0.15) is 0 Å². The maximum Gasteiger partial charge on any atom is 0.143 e. The van der Waals surface area contributed by atoms with Crippen LogP contribution in [0.2, 0.25) is 0 Å². The highest BCUT2D eigenvalue weighted by Crippen LogP contribution is 2.48. The zero-order valence-electron chi connectivity index (χ0n) is 25.1. The number of nitrogens with zero attached hydrogens (tertiary/aromatic N) is 1. The predicted octanol–water partition coefficient (Wildman–Crippen LogP) is 12.7. The average Bonchev–Trinajstić information content (AvgIpc) is 3.52. The Kier molecular flexibility index (Phi) is 6.17. The molecule has 0 N–H and O–H groups in total. The van der Waals surface area contributed by atoms with E-state index in [9.17, 15) is 0 Å². The monoisotopic (exact) mass is 587 g/mol. The molecule has 0 amide bonds. The lowest BCUT2D eigenvalue weighted by Gasteiger charge is -2.31. The van der Waals surface area contributed by atoms with Crippen molar-refractivity contribution >= 4 is 60.5 Å². The lowest BCUT2D eigenvalue weighted by molar-refractivity contribution is 0.673. The van der Waals surface area contributed by atoms with Gasteiger partial charge in [-0.15, -0.1) is 0 Å². The van der Waals surface area contributed by atoms with Gasteiger partial charge >= 0.3 is 0 Å². The lowest BCUT2D eigenvalue weighted by atomic mass is 9.95. The molecule has 9 rings (SSSR count). The van der Waals surface area contributed by atoms with E-state index in [1.54, 1.807) is 0 Å². The second-order valence-corrected chi connectivity index (χ2v) is 11.7. The molecule has 9 aromatic rings.